The van der Waals surface area contributed by atoms with Crippen molar-refractivity contribution in [1.82, 2.24) is 15.1 Å². The summed E-state index contributed by atoms with van der Waals surface area (Å²) in [5.74, 6) is 0. The molecule has 0 spiro atoms. The van der Waals surface area contributed by atoms with Crippen LogP contribution in [0.25, 0.3) is 11.3 Å². The lowest BCUT2D eigenvalue weighted by atomic mass is 10.1. The Morgan fingerprint density at radius 2 is 2.17 bits per heavy atom. The van der Waals surface area contributed by atoms with Crippen molar-refractivity contribution in [3.63, 3.8) is 0 Å². The van der Waals surface area contributed by atoms with Crippen molar-refractivity contribution in [3.8, 4) is 11.3 Å². The van der Waals surface area contributed by atoms with Crippen molar-refractivity contribution in [2.75, 3.05) is 13.1 Å². The van der Waals surface area contributed by atoms with Crippen LogP contribution in [0.1, 0.15) is 12.1 Å². The quantitative estimate of drug-likeness (QED) is 0.861. The van der Waals surface area contributed by atoms with Gasteiger partial charge in [-0.3, -0.25) is 10.00 Å². The first-order valence-electron chi connectivity index (χ1n) is 6.31. The molecule has 1 aliphatic heterocycles. The summed E-state index contributed by atoms with van der Waals surface area (Å²) in [5, 5.41) is 16.9. The minimum absolute atomic E-state index is 0.165. The zero-order valence-electron chi connectivity index (χ0n) is 10.2. The number of aliphatic hydroxyl groups excluding tert-OH is 1. The van der Waals surface area contributed by atoms with Crippen LogP contribution in [0.2, 0.25) is 0 Å². The summed E-state index contributed by atoms with van der Waals surface area (Å²) in [6.07, 6.45) is 0.709. The fourth-order valence-corrected chi connectivity index (χ4v) is 2.40. The van der Waals surface area contributed by atoms with Gasteiger partial charge in [0.25, 0.3) is 0 Å². The third-order valence-electron chi connectivity index (χ3n) is 3.34. The van der Waals surface area contributed by atoms with E-state index in [-0.39, 0.29) is 6.10 Å². The molecule has 0 saturated carbocycles. The van der Waals surface area contributed by atoms with Gasteiger partial charge in [-0.1, -0.05) is 30.3 Å². The maximum absolute atomic E-state index is 9.49. The summed E-state index contributed by atoms with van der Waals surface area (Å²) in [4.78, 5) is 2.24. The largest absolute Gasteiger partial charge is 0.392 e. The summed E-state index contributed by atoms with van der Waals surface area (Å²) in [6, 6.07) is 12.2. The molecule has 94 valence electrons. The number of hydrogen-bond donors (Lipinski definition) is 2. The van der Waals surface area contributed by atoms with Gasteiger partial charge in [-0.2, -0.15) is 5.10 Å². The van der Waals surface area contributed by atoms with Crippen molar-refractivity contribution < 1.29 is 5.11 Å². The minimum atomic E-state index is -0.165. The van der Waals surface area contributed by atoms with Gasteiger partial charge in [0.2, 0.25) is 0 Å². The van der Waals surface area contributed by atoms with Gasteiger partial charge in [0.05, 0.1) is 11.8 Å². The zero-order valence-corrected chi connectivity index (χ0v) is 10.2. The summed E-state index contributed by atoms with van der Waals surface area (Å²) in [6.45, 7) is 2.55. The number of nitrogens with one attached hydrogen (secondary N) is 1. The van der Waals surface area contributed by atoms with E-state index in [1.807, 2.05) is 18.2 Å². The Morgan fingerprint density at radius 3 is 2.89 bits per heavy atom. The Kier molecular flexibility index (Phi) is 3.13. The smallest absolute Gasteiger partial charge is 0.0924 e. The lowest BCUT2D eigenvalue weighted by Gasteiger charge is -2.12. The first-order chi connectivity index (χ1) is 8.81. The molecule has 1 aliphatic rings. The number of likely N-dealkylation sites (tertiary alicyclic amines) is 1. The molecule has 2 N–H and O–H groups in total. The van der Waals surface area contributed by atoms with Gasteiger partial charge in [-0.15, -0.1) is 0 Å². The zero-order chi connectivity index (χ0) is 12.4. The molecular weight excluding hydrogens is 226 g/mol. The van der Waals surface area contributed by atoms with Crippen molar-refractivity contribution >= 4 is 0 Å². The molecule has 2 heterocycles. The average molecular weight is 243 g/mol. The van der Waals surface area contributed by atoms with Crippen LogP contribution in [0.3, 0.4) is 0 Å². The van der Waals surface area contributed by atoms with E-state index in [4.69, 9.17) is 0 Å². The number of aliphatic hydroxyl groups is 1. The van der Waals surface area contributed by atoms with E-state index in [0.717, 1.165) is 43.0 Å². The number of nitrogens with zero attached hydrogens (tertiary/aromatic N) is 2. The molecule has 2 aromatic rings. The minimum Gasteiger partial charge on any atom is -0.392 e. The van der Waals surface area contributed by atoms with E-state index < -0.39 is 0 Å². The van der Waals surface area contributed by atoms with Crippen LogP contribution in [-0.2, 0) is 6.54 Å². The molecule has 0 bridgehead atoms. The molecule has 3 rings (SSSR count). The van der Waals surface area contributed by atoms with Crippen molar-refractivity contribution in [2.45, 2.75) is 19.1 Å². The first kappa shape index (κ1) is 11.4. The molecule has 1 saturated heterocycles. The van der Waals surface area contributed by atoms with Gasteiger partial charge in [-0.25, -0.2) is 0 Å². The normalized spacial score (nSPS) is 20.4. The molecule has 18 heavy (non-hydrogen) atoms. The molecule has 0 aliphatic carbocycles. The molecule has 4 heteroatoms. The Hall–Kier alpha value is -1.65. The molecule has 0 amide bonds. The van der Waals surface area contributed by atoms with E-state index >= 15 is 0 Å². The second-order valence-electron chi connectivity index (χ2n) is 4.82. The predicted molar refractivity (Wildman–Crippen MR) is 69.9 cm³/mol. The number of H-pyrrole nitrogens is 1. The van der Waals surface area contributed by atoms with Crippen molar-refractivity contribution in [3.05, 3.63) is 42.1 Å². The summed E-state index contributed by atoms with van der Waals surface area (Å²) < 4.78 is 0. The van der Waals surface area contributed by atoms with E-state index in [1.165, 1.54) is 0 Å². The average Bonchev–Trinajstić information content (AvgIpc) is 3.01. The monoisotopic (exact) mass is 243 g/mol. The van der Waals surface area contributed by atoms with Gasteiger partial charge in [0.15, 0.2) is 0 Å². The van der Waals surface area contributed by atoms with E-state index in [0.29, 0.717) is 0 Å². The third kappa shape index (κ3) is 2.44. The Bertz CT molecular complexity index is 509. The summed E-state index contributed by atoms with van der Waals surface area (Å²) in [7, 11) is 0. The molecule has 0 radical (unpaired) electrons. The molecule has 1 aromatic heterocycles. The topological polar surface area (TPSA) is 52.1 Å². The Morgan fingerprint density at radius 1 is 1.33 bits per heavy atom. The molecule has 1 aromatic carbocycles. The third-order valence-corrected chi connectivity index (χ3v) is 3.34. The second-order valence-corrected chi connectivity index (χ2v) is 4.82. The molecule has 0 unspecified atom stereocenters. The van der Waals surface area contributed by atoms with Crippen LogP contribution in [0.5, 0.6) is 0 Å². The fourth-order valence-electron chi connectivity index (χ4n) is 2.40. The van der Waals surface area contributed by atoms with Crippen LogP contribution < -0.4 is 0 Å². The van der Waals surface area contributed by atoms with Gasteiger partial charge in [0.1, 0.15) is 0 Å². The Balaban J connectivity index is 1.70. The van der Waals surface area contributed by atoms with Crippen molar-refractivity contribution in [2.24, 2.45) is 0 Å². The number of aromatic amines is 1. The van der Waals surface area contributed by atoms with Gasteiger partial charge in [0, 0.05) is 30.9 Å². The molecular formula is C14H17N3O. The summed E-state index contributed by atoms with van der Waals surface area (Å²) >= 11 is 0. The van der Waals surface area contributed by atoms with Crippen LogP contribution in [0.4, 0.5) is 0 Å². The summed E-state index contributed by atoms with van der Waals surface area (Å²) in [5.41, 5.74) is 3.20. The van der Waals surface area contributed by atoms with Crippen LogP contribution in [0, 0.1) is 0 Å². The van der Waals surface area contributed by atoms with Gasteiger partial charge < -0.3 is 5.11 Å². The SMILES string of the molecule is O[C@@H]1CCN(Cc2cc(-c3ccccc3)n[nH]2)C1. The van der Waals surface area contributed by atoms with Gasteiger partial charge in [-0.05, 0) is 12.5 Å². The molecule has 1 atom stereocenters. The van der Waals surface area contributed by atoms with E-state index in [1.54, 1.807) is 0 Å². The van der Waals surface area contributed by atoms with Crippen LogP contribution in [-0.4, -0.2) is 39.4 Å². The standard InChI is InChI=1S/C14H17N3O/c18-13-6-7-17(10-13)9-12-8-14(16-15-12)11-4-2-1-3-5-11/h1-5,8,13,18H,6-7,9-10H2,(H,15,16)/t13-/m1/s1. The lowest BCUT2D eigenvalue weighted by Crippen LogP contribution is -2.21. The number of benzene rings is 1. The highest BCUT2D eigenvalue weighted by molar-refractivity contribution is 5.58. The van der Waals surface area contributed by atoms with Crippen LogP contribution in [0.15, 0.2) is 36.4 Å². The van der Waals surface area contributed by atoms with Crippen molar-refractivity contribution in [1.29, 1.82) is 0 Å². The highest BCUT2D eigenvalue weighted by atomic mass is 16.3. The second kappa shape index (κ2) is 4.92. The maximum Gasteiger partial charge on any atom is 0.0924 e. The first-order valence-corrected chi connectivity index (χ1v) is 6.31. The van der Waals surface area contributed by atoms with Crippen LogP contribution >= 0.6 is 0 Å². The number of rotatable bonds is 3. The number of aromatic nitrogens is 2. The maximum atomic E-state index is 9.49. The predicted octanol–water partition coefficient (Wildman–Crippen LogP) is 1.64. The van der Waals surface area contributed by atoms with E-state index in [2.05, 4.69) is 33.3 Å². The Labute approximate surface area is 106 Å². The molecule has 4 nitrogen and oxygen atoms in total. The number of β-amino-alcohol motifs (C(OH)–C–C–N with tert-alkyl or cyclic N) is 1. The molecule has 1 fully saturated rings. The van der Waals surface area contributed by atoms with Gasteiger partial charge >= 0.3 is 0 Å². The highest BCUT2D eigenvalue weighted by Gasteiger charge is 2.20. The fraction of sp³-hybridized carbons (Fsp3) is 0.357. The van der Waals surface area contributed by atoms with E-state index in [9.17, 15) is 5.11 Å². The highest BCUT2D eigenvalue weighted by Crippen LogP contribution is 2.19. The lowest BCUT2D eigenvalue weighted by molar-refractivity contribution is 0.174. The number of hydrogen-bond acceptors (Lipinski definition) is 3.